The first-order valence-electron chi connectivity index (χ1n) is 3.93. The van der Waals surface area contributed by atoms with Crippen molar-refractivity contribution in [2.24, 2.45) is 0 Å². The number of alkyl halides is 1. The highest BCUT2D eigenvalue weighted by Gasteiger charge is 2.05. The summed E-state index contributed by atoms with van der Waals surface area (Å²) >= 11 is 5.89. The van der Waals surface area contributed by atoms with Gasteiger partial charge in [-0.15, -0.1) is 11.6 Å². The maximum Gasteiger partial charge on any atom is 0.417 e. The van der Waals surface area contributed by atoms with E-state index in [2.05, 4.69) is 4.98 Å². The molecule has 13 heavy (non-hydrogen) atoms. The number of nitrogens with one attached hydrogen (secondary N) is 1. The van der Waals surface area contributed by atoms with Gasteiger partial charge in [-0.25, -0.2) is 4.79 Å². The van der Waals surface area contributed by atoms with Crippen LogP contribution in [0.1, 0.15) is 17.9 Å². The van der Waals surface area contributed by atoms with Gasteiger partial charge in [0.1, 0.15) is 0 Å². The summed E-state index contributed by atoms with van der Waals surface area (Å²) in [6.45, 7) is 1.88. The monoisotopic (exact) mass is 197 g/mol. The summed E-state index contributed by atoms with van der Waals surface area (Å²) in [4.78, 5) is 13.4. The highest BCUT2D eigenvalue weighted by Crippen LogP contribution is 2.22. The number of fused-ring (bicyclic) bond motifs is 1. The molecule has 0 amide bonds. The number of H-pyrrole nitrogens is 1. The lowest BCUT2D eigenvalue weighted by Gasteiger charge is -2.00. The number of benzene rings is 1. The molecule has 2 rings (SSSR count). The molecule has 0 saturated heterocycles. The predicted molar refractivity (Wildman–Crippen MR) is 51.1 cm³/mol. The molecule has 0 bridgehead atoms. The maximum atomic E-state index is 10.8. The molecule has 1 heterocycles. The molecule has 0 aliphatic carbocycles. The molecule has 2 aromatic rings. The van der Waals surface area contributed by atoms with Crippen LogP contribution in [0.25, 0.3) is 11.1 Å². The van der Waals surface area contributed by atoms with Gasteiger partial charge in [-0.3, -0.25) is 4.98 Å². The molecule has 1 unspecified atom stereocenters. The summed E-state index contributed by atoms with van der Waals surface area (Å²) in [5.74, 6) is -0.436. The topological polar surface area (TPSA) is 46.0 Å². The molecule has 0 aliphatic rings. The lowest BCUT2D eigenvalue weighted by Crippen LogP contribution is -1.93. The maximum absolute atomic E-state index is 10.8. The quantitative estimate of drug-likeness (QED) is 0.714. The molecule has 1 atom stereocenters. The molecule has 0 radical (unpaired) electrons. The Labute approximate surface area is 79.3 Å². The van der Waals surface area contributed by atoms with Crippen molar-refractivity contribution >= 4 is 22.7 Å². The van der Waals surface area contributed by atoms with Crippen molar-refractivity contribution in [3.05, 3.63) is 34.3 Å². The molecule has 4 heteroatoms. The van der Waals surface area contributed by atoms with Crippen molar-refractivity contribution in [1.29, 1.82) is 0 Å². The van der Waals surface area contributed by atoms with Crippen molar-refractivity contribution in [3.8, 4) is 0 Å². The van der Waals surface area contributed by atoms with E-state index in [9.17, 15) is 4.79 Å². The Bertz CT molecular complexity index is 484. The number of hydrogen-bond acceptors (Lipinski definition) is 2. The van der Waals surface area contributed by atoms with Gasteiger partial charge in [0.15, 0.2) is 5.58 Å². The SMILES string of the molecule is CC(Cl)c1ccc2oc(=O)[nH]c2c1. The van der Waals surface area contributed by atoms with Gasteiger partial charge in [-0.2, -0.15) is 0 Å². The van der Waals surface area contributed by atoms with Gasteiger partial charge in [-0.05, 0) is 24.6 Å². The van der Waals surface area contributed by atoms with Crippen LogP contribution in [-0.2, 0) is 0 Å². The summed E-state index contributed by atoms with van der Waals surface area (Å²) in [5.41, 5.74) is 2.22. The molecule has 3 nitrogen and oxygen atoms in total. The Morgan fingerprint density at radius 2 is 2.31 bits per heavy atom. The van der Waals surface area contributed by atoms with Gasteiger partial charge in [0.2, 0.25) is 0 Å². The molecule has 0 fully saturated rings. The molecule has 1 aromatic carbocycles. The van der Waals surface area contributed by atoms with Crippen molar-refractivity contribution in [1.82, 2.24) is 4.98 Å². The zero-order valence-corrected chi connectivity index (χ0v) is 7.76. The van der Waals surface area contributed by atoms with Crippen molar-refractivity contribution in [2.75, 3.05) is 0 Å². The molecular weight excluding hydrogens is 190 g/mol. The van der Waals surface area contributed by atoms with E-state index in [-0.39, 0.29) is 5.38 Å². The average molecular weight is 198 g/mol. The van der Waals surface area contributed by atoms with Crippen LogP contribution in [0.15, 0.2) is 27.4 Å². The smallest absolute Gasteiger partial charge is 0.408 e. The van der Waals surface area contributed by atoms with Crippen LogP contribution in [0.2, 0.25) is 0 Å². The Morgan fingerprint density at radius 1 is 1.54 bits per heavy atom. The van der Waals surface area contributed by atoms with E-state index in [1.165, 1.54) is 0 Å². The van der Waals surface area contributed by atoms with Gasteiger partial charge in [0.25, 0.3) is 0 Å². The van der Waals surface area contributed by atoms with E-state index < -0.39 is 5.76 Å². The molecular formula is C9H8ClNO2. The molecule has 68 valence electrons. The van der Waals surface area contributed by atoms with Crippen LogP contribution < -0.4 is 5.76 Å². The van der Waals surface area contributed by atoms with E-state index in [0.29, 0.717) is 11.1 Å². The minimum Gasteiger partial charge on any atom is -0.408 e. The van der Waals surface area contributed by atoms with Crippen LogP contribution >= 0.6 is 11.6 Å². The zero-order chi connectivity index (χ0) is 9.42. The lowest BCUT2D eigenvalue weighted by molar-refractivity contribution is 0.555. The van der Waals surface area contributed by atoms with Gasteiger partial charge in [0.05, 0.1) is 10.9 Å². The Morgan fingerprint density at radius 3 is 3.00 bits per heavy atom. The first-order chi connectivity index (χ1) is 6.16. The van der Waals surface area contributed by atoms with Crippen LogP contribution in [0.3, 0.4) is 0 Å². The molecule has 0 aliphatic heterocycles. The fourth-order valence-electron chi connectivity index (χ4n) is 1.22. The second kappa shape index (κ2) is 2.92. The van der Waals surface area contributed by atoms with E-state index in [0.717, 1.165) is 5.56 Å². The first kappa shape index (κ1) is 8.38. The van der Waals surface area contributed by atoms with Gasteiger partial charge in [-0.1, -0.05) is 6.07 Å². The van der Waals surface area contributed by atoms with Crippen molar-refractivity contribution in [3.63, 3.8) is 0 Å². The second-order valence-electron chi connectivity index (χ2n) is 2.89. The molecule has 1 aromatic heterocycles. The highest BCUT2D eigenvalue weighted by molar-refractivity contribution is 6.20. The molecule has 1 N–H and O–H groups in total. The average Bonchev–Trinajstić information content (AvgIpc) is 2.42. The minimum absolute atomic E-state index is 0.0668. The third-order valence-electron chi connectivity index (χ3n) is 1.90. The number of oxazole rings is 1. The Balaban J connectivity index is 2.68. The molecule has 0 saturated carbocycles. The summed E-state index contributed by atoms with van der Waals surface area (Å²) in [5, 5.41) is -0.0668. The van der Waals surface area contributed by atoms with Crippen molar-refractivity contribution < 1.29 is 4.42 Å². The number of rotatable bonds is 1. The number of halogens is 1. The fourth-order valence-corrected chi connectivity index (χ4v) is 1.35. The Kier molecular flexibility index (Phi) is 1.88. The van der Waals surface area contributed by atoms with Gasteiger partial charge >= 0.3 is 5.76 Å². The summed E-state index contributed by atoms with van der Waals surface area (Å²) < 4.78 is 4.85. The largest absolute Gasteiger partial charge is 0.417 e. The number of aromatic amines is 1. The zero-order valence-electron chi connectivity index (χ0n) is 7.00. The van der Waals surface area contributed by atoms with E-state index in [4.69, 9.17) is 16.0 Å². The van der Waals surface area contributed by atoms with Gasteiger partial charge in [0, 0.05) is 0 Å². The Hall–Kier alpha value is -1.22. The molecule has 0 spiro atoms. The van der Waals surface area contributed by atoms with Crippen molar-refractivity contribution in [2.45, 2.75) is 12.3 Å². The summed E-state index contributed by atoms with van der Waals surface area (Å²) in [7, 11) is 0. The van der Waals surface area contributed by atoms with Crippen LogP contribution in [-0.4, -0.2) is 4.98 Å². The summed E-state index contributed by atoms with van der Waals surface area (Å²) in [6, 6.07) is 5.40. The van der Waals surface area contributed by atoms with E-state index >= 15 is 0 Å². The third-order valence-corrected chi connectivity index (χ3v) is 2.15. The van der Waals surface area contributed by atoms with Crippen LogP contribution in [0.4, 0.5) is 0 Å². The second-order valence-corrected chi connectivity index (χ2v) is 3.54. The van der Waals surface area contributed by atoms with Gasteiger partial charge < -0.3 is 4.42 Å². The predicted octanol–water partition coefficient (Wildman–Crippen LogP) is 2.42. The van der Waals surface area contributed by atoms with Crippen LogP contribution in [0, 0.1) is 0 Å². The number of aromatic nitrogens is 1. The van der Waals surface area contributed by atoms with E-state index in [1.807, 2.05) is 19.1 Å². The first-order valence-corrected chi connectivity index (χ1v) is 4.37. The third kappa shape index (κ3) is 1.47. The lowest BCUT2D eigenvalue weighted by atomic mass is 10.1. The normalized spacial score (nSPS) is 13.4. The fraction of sp³-hybridized carbons (Fsp3) is 0.222. The van der Waals surface area contributed by atoms with E-state index in [1.54, 1.807) is 6.07 Å². The number of hydrogen-bond donors (Lipinski definition) is 1. The standard InChI is InChI=1S/C9H8ClNO2/c1-5(10)6-2-3-8-7(4-6)11-9(12)13-8/h2-5H,1H3,(H,11,12). The minimum atomic E-state index is -0.436. The summed E-state index contributed by atoms with van der Waals surface area (Å²) in [6.07, 6.45) is 0. The van der Waals surface area contributed by atoms with Crippen LogP contribution in [0.5, 0.6) is 0 Å². The highest BCUT2D eigenvalue weighted by atomic mass is 35.5.